The highest BCUT2D eigenvalue weighted by Gasteiger charge is 2.29. The average Bonchev–Trinajstić information content (AvgIpc) is 2.86. The molecule has 6 heteroatoms. The second-order valence-corrected chi connectivity index (χ2v) is 5.49. The number of carbonyl (C=O) groups is 1. The number of ether oxygens (including phenoxy) is 1. The first-order chi connectivity index (χ1) is 9.95. The molecule has 0 spiro atoms. The molecule has 21 heavy (non-hydrogen) atoms. The molecule has 2 rings (SSSR count). The van der Waals surface area contributed by atoms with Gasteiger partial charge in [0.2, 0.25) is 5.91 Å². The smallest absolute Gasteiger partial charge is 0.387 e. The van der Waals surface area contributed by atoms with Gasteiger partial charge in [-0.05, 0) is 37.0 Å². The molecule has 4 nitrogen and oxygen atoms in total. The summed E-state index contributed by atoms with van der Waals surface area (Å²) in [6.45, 7) is -2.38. The minimum Gasteiger partial charge on any atom is -0.435 e. The molecule has 0 bridgehead atoms. The number of halogens is 2. The van der Waals surface area contributed by atoms with E-state index in [4.69, 9.17) is 5.73 Å². The number of hydrogen-bond acceptors (Lipinski definition) is 3. The summed E-state index contributed by atoms with van der Waals surface area (Å²) in [6, 6.07) is 6.44. The summed E-state index contributed by atoms with van der Waals surface area (Å²) in [5.74, 6) is 0.215. The van der Waals surface area contributed by atoms with Crippen LogP contribution in [0.2, 0.25) is 0 Å². The van der Waals surface area contributed by atoms with Crippen molar-refractivity contribution in [2.75, 3.05) is 7.05 Å². The van der Waals surface area contributed by atoms with Crippen molar-refractivity contribution < 1.29 is 18.3 Å². The van der Waals surface area contributed by atoms with E-state index in [1.807, 2.05) is 0 Å². The van der Waals surface area contributed by atoms with Crippen molar-refractivity contribution in [3.05, 3.63) is 29.8 Å². The number of rotatable bonds is 5. The molecular formula is C15H20F2N2O2. The molecule has 1 aromatic rings. The van der Waals surface area contributed by atoms with Gasteiger partial charge in [-0.1, -0.05) is 12.1 Å². The predicted octanol–water partition coefficient (Wildman–Crippen LogP) is 2.37. The lowest BCUT2D eigenvalue weighted by atomic mass is 10.1. The lowest BCUT2D eigenvalue weighted by Gasteiger charge is -2.21. The van der Waals surface area contributed by atoms with Gasteiger partial charge in [0, 0.05) is 25.6 Å². The van der Waals surface area contributed by atoms with Gasteiger partial charge in [-0.25, -0.2) is 0 Å². The van der Waals surface area contributed by atoms with Crippen LogP contribution >= 0.6 is 0 Å². The van der Waals surface area contributed by atoms with E-state index in [1.54, 1.807) is 24.1 Å². The van der Waals surface area contributed by atoms with Crippen molar-refractivity contribution in [3.63, 3.8) is 0 Å². The SMILES string of the molecule is CN(Cc1ccc(OC(F)F)cc1)C(=O)C1CCC(N)C1. The molecule has 1 fully saturated rings. The third-order valence-electron chi connectivity index (χ3n) is 3.77. The maximum Gasteiger partial charge on any atom is 0.387 e. The van der Waals surface area contributed by atoms with Gasteiger partial charge in [0.25, 0.3) is 0 Å². The first-order valence-electron chi connectivity index (χ1n) is 7.00. The Labute approximate surface area is 122 Å². The normalized spacial score (nSPS) is 21.6. The summed E-state index contributed by atoms with van der Waals surface area (Å²) in [4.78, 5) is 13.9. The molecule has 0 aromatic heterocycles. The number of nitrogens with two attached hydrogens (primary N) is 1. The van der Waals surface area contributed by atoms with E-state index in [1.165, 1.54) is 12.1 Å². The Morgan fingerprint density at radius 2 is 2.05 bits per heavy atom. The predicted molar refractivity (Wildman–Crippen MR) is 74.9 cm³/mol. The molecule has 116 valence electrons. The first-order valence-corrected chi connectivity index (χ1v) is 7.00. The molecule has 2 unspecified atom stereocenters. The Kier molecular flexibility index (Phi) is 5.12. The third kappa shape index (κ3) is 4.39. The summed E-state index contributed by atoms with van der Waals surface area (Å²) in [5, 5.41) is 0. The molecule has 0 radical (unpaired) electrons. The minimum atomic E-state index is -2.83. The second-order valence-electron chi connectivity index (χ2n) is 5.49. The van der Waals surface area contributed by atoms with Crippen LogP contribution < -0.4 is 10.5 Å². The fourth-order valence-corrected chi connectivity index (χ4v) is 2.68. The van der Waals surface area contributed by atoms with E-state index >= 15 is 0 Å². The van der Waals surface area contributed by atoms with Crippen LogP contribution in [-0.4, -0.2) is 30.5 Å². The van der Waals surface area contributed by atoms with Crippen molar-refractivity contribution in [1.29, 1.82) is 0 Å². The largest absolute Gasteiger partial charge is 0.435 e. The first kappa shape index (κ1) is 15.7. The Balaban J connectivity index is 1.90. The average molecular weight is 298 g/mol. The molecule has 2 atom stereocenters. The van der Waals surface area contributed by atoms with E-state index in [0.29, 0.717) is 6.54 Å². The van der Waals surface area contributed by atoms with Crippen molar-refractivity contribution in [1.82, 2.24) is 4.90 Å². The summed E-state index contributed by atoms with van der Waals surface area (Å²) in [7, 11) is 1.75. The second kappa shape index (κ2) is 6.85. The van der Waals surface area contributed by atoms with Crippen molar-refractivity contribution in [2.24, 2.45) is 11.7 Å². The Morgan fingerprint density at radius 3 is 2.57 bits per heavy atom. The van der Waals surface area contributed by atoms with Crippen molar-refractivity contribution in [3.8, 4) is 5.75 Å². The Bertz CT molecular complexity index is 479. The highest BCUT2D eigenvalue weighted by atomic mass is 19.3. The van der Waals surface area contributed by atoms with E-state index in [9.17, 15) is 13.6 Å². The maximum absolute atomic E-state index is 12.3. The lowest BCUT2D eigenvalue weighted by molar-refractivity contribution is -0.134. The minimum absolute atomic E-state index is 0.00596. The van der Waals surface area contributed by atoms with Crippen molar-refractivity contribution >= 4 is 5.91 Å². The third-order valence-corrected chi connectivity index (χ3v) is 3.77. The number of hydrogen-bond donors (Lipinski definition) is 1. The molecule has 1 aliphatic rings. The van der Waals surface area contributed by atoms with Gasteiger partial charge < -0.3 is 15.4 Å². The lowest BCUT2D eigenvalue weighted by Crippen LogP contribution is -2.32. The Hall–Kier alpha value is -1.69. The van der Waals surface area contributed by atoms with E-state index < -0.39 is 6.61 Å². The topological polar surface area (TPSA) is 55.6 Å². The van der Waals surface area contributed by atoms with E-state index in [-0.39, 0.29) is 23.6 Å². The zero-order chi connectivity index (χ0) is 15.4. The molecule has 2 N–H and O–H groups in total. The summed E-state index contributed by atoms with van der Waals surface area (Å²) in [6.07, 6.45) is 2.47. The van der Waals surface area contributed by atoms with Crippen LogP contribution in [0.4, 0.5) is 8.78 Å². The quantitative estimate of drug-likeness (QED) is 0.908. The van der Waals surface area contributed by atoms with E-state index in [0.717, 1.165) is 24.8 Å². The van der Waals surface area contributed by atoms with Gasteiger partial charge in [-0.3, -0.25) is 4.79 Å². The highest BCUT2D eigenvalue weighted by Crippen LogP contribution is 2.26. The van der Waals surface area contributed by atoms with Gasteiger partial charge in [-0.2, -0.15) is 8.78 Å². The maximum atomic E-state index is 12.3. The highest BCUT2D eigenvalue weighted by molar-refractivity contribution is 5.79. The Morgan fingerprint density at radius 1 is 1.38 bits per heavy atom. The van der Waals surface area contributed by atoms with Gasteiger partial charge in [0.05, 0.1) is 0 Å². The molecule has 0 saturated heterocycles. The van der Waals surface area contributed by atoms with Gasteiger partial charge in [0.1, 0.15) is 5.75 Å². The van der Waals surface area contributed by atoms with Crippen LogP contribution in [0, 0.1) is 5.92 Å². The molecule has 1 aromatic carbocycles. The molecule has 1 amide bonds. The van der Waals surface area contributed by atoms with Crippen LogP contribution in [0.25, 0.3) is 0 Å². The summed E-state index contributed by atoms with van der Waals surface area (Å²) >= 11 is 0. The van der Waals surface area contributed by atoms with Gasteiger partial charge >= 0.3 is 6.61 Å². The summed E-state index contributed by atoms with van der Waals surface area (Å²) in [5.41, 5.74) is 6.70. The van der Waals surface area contributed by atoms with Crippen LogP contribution in [0.5, 0.6) is 5.75 Å². The fourth-order valence-electron chi connectivity index (χ4n) is 2.68. The number of nitrogens with zero attached hydrogens (tertiary/aromatic N) is 1. The standard InChI is InChI=1S/C15H20F2N2O2/c1-19(14(20)11-4-5-12(18)8-11)9-10-2-6-13(7-3-10)21-15(16)17/h2-3,6-7,11-12,15H,4-5,8-9,18H2,1H3. The van der Waals surface area contributed by atoms with Gasteiger partial charge in [-0.15, -0.1) is 0 Å². The van der Waals surface area contributed by atoms with E-state index in [2.05, 4.69) is 4.74 Å². The fraction of sp³-hybridized carbons (Fsp3) is 0.533. The summed E-state index contributed by atoms with van der Waals surface area (Å²) < 4.78 is 28.4. The molecule has 1 saturated carbocycles. The zero-order valence-electron chi connectivity index (χ0n) is 12.0. The molecular weight excluding hydrogens is 278 g/mol. The number of benzene rings is 1. The number of amides is 1. The van der Waals surface area contributed by atoms with Crippen LogP contribution in [0.1, 0.15) is 24.8 Å². The zero-order valence-corrected chi connectivity index (χ0v) is 12.0. The monoisotopic (exact) mass is 298 g/mol. The van der Waals surface area contributed by atoms with Crippen LogP contribution in [0.15, 0.2) is 24.3 Å². The molecule has 0 heterocycles. The van der Waals surface area contributed by atoms with Crippen LogP contribution in [0.3, 0.4) is 0 Å². The molecule has 1 aliphatic carbocycles. The number of alkyl halides is 2. The molecule has 0 aliphatic heterocycles. The van der Waals surface area contributed by atoms with Gasteiger partial charge in [0.15, 0.2) is 0 Å². The van der Waals surface area contributed by atoms with Crippen molar-refractivity contribution in [2.45, 2.75) is 38.5 Å². The number of carbonyl (C=O) groups excluding carboxylic acids is 1. The van der Waals surface area contributed by atoms with Crippen LogP contribution in [-0.2, 0) is 11.3 Å².